The summed E-state index contributed by atoms with van der Waals surface area (Å²) in [7, 11) is 1.49. The summed E-state index contributed by atoms with van der Waals surface area (Å²) in [6.07, 6.45) is -4.56. The maximum absolute atomic E-state index is 13.4. The molecular formula is C25H24ClF3N4O4. The van der Waals surface area contributed by atoms with E-state index in [4.69, 9.17) is 11.6 Å². The van der Waals surface area contributed by atoms with Gasteiger partial charge in [0.15, 0.2) is 11.2 Å². The monoisotopic (exact) mass is 536 g/mol. The van der Waals surface area contributed by atoms with Crippen molar-refractivity contribution < 1.29 is 23.0 Å². The quantitative estimate of drug-likeness (QED) is 0.370. The molecule has 0 amide bonds. The molecule has 8 nitrogen and oxygen atoms in total. The van der Waals surface area contributed by atoms with Crippen molar-refractivity contribution in [3.63, 3.8) is 0 Å². The SMILES string of the molecule is Cc1ccc(Cc2nc3c(c(=O)n(CCCO)c(=O)n3C)n2Cc2ccc(Cl)cc2)cc1OC(F)(F)F. The number of rotatable bonds is 8. The van der Waals surface area contributed by atoms with Crippen molar-refractivity contribution in [2.45, 2.75) is 39.2 Å². The Labute approximate surface area is 214 Å². The second-order valence-electron chi connectivity index (χ2n) is 8.61. The fraction of sp³-hybridized carbons (Fsp3) is 0.320. The number of ether oxygens (including phenoxy) is 1. The molecule has 4 aromatic rings. The molecule has 0 aliphatic carbocycles. The summed E-state index contributed by atoms with van der Waals surface area (Å²) in [6, 6.07) is 11.4. The van der Waals surface area contributed by atoms with Crippen LogP contribution in [0.5, 0.6) is 5.75 Å². The summed E-state index contributed by atoms with van der Waals surface area (Å²) in [5.74, 6) is 0.0443. The zero-order valence-electron chi connectivity index (χ0n) is 20.0. The van der Waals surface area contributed by atoms with E-state index < -0.39 is 17.6 Å². The predicted octanol–water partition coefficient (Wildman–Crippen LogP) is 3.78. The van der Waals surface area contributed by atoms with Gasteiger partial charge in [-0.1, -0.05) is 35.9 Å². The van der Waals surface area contributed by atoms with Crippen LogP contribution in [0.25, 0.3) is 11.2 Å². The summed E-state index contributed by atoms with van der Waals surface area (Å²) in [5.41, 5.74) is 0.759. The van der Waals surface area contributed by atoms with E-state index in [1.165, 1.54) is 30.7 Å². The number of halogens is 4. The number of hydrogen-bond acceptors (Lipinski definition) is 5. The van der Waals surface area contributed by atoms with Crippen molar-refractivity contribution in [3.05, 3.63) is 90.8 Å². The molecule has 2 aromatic heterocycles. The molecule has 0 radical (unpaired) electrons. The zero-order valence-corrected chi connectivity index (χ0v) is 20.8. The highest BCUT2D eigenvalue weighted by Gasteiger charge is 2.32. The summed E-state index contributed by atoms with van der Waals surface area (Å²) >= 11 is 6.01. The first kappa shape index (κ1) is 26.5. The fourth-order valence-electron chi connectivity index (χ4n) is 4.09. The molecule has 2 aromatic carbocycles. The maximum Gasteiger partial charge on any atom is 0.573 e. The van der Waals surface area contributed by atoms with Gasteiger partial charge in [0.25, 0.3) is 5.56 Å². The molecule has 0 aliphatic heterocycles. The van der Waals surface area contributed by atoms with E-state index >= 15 is 0 Å². The average Bonchev–Trinajstić information content (AvgIpc) is 3.18. The number of aryl methyl sites for hydroxylation is 2. The van der Waals surface area contributed by atoms with Gasteiger partial charge >= 0.3 is 12.1 Å². The van der Waals surface area contributed by atoms with Crippen LogP contribution >= 0.6 is 11.6 Å². The number of hydrogen-bond donors (Lipinski definition) is 1. The molecule has 0 spiro atoms. The largest absolute Gasteiger partial charge is 0.573 e. The van der Waals surface area contributed by atoms with Gasteiger partial charge in [0.05, 0.1) is 0 Å². The normalized spacial score (nSPS) is 11.9. The van der Waals surface area contributed by atoms with E-state index in [0.717, 1.165) is 10.1 Å². The van der Waals surface area contributed by atoms with Crippen LogP contribution in [0.3, 0.4) is 0 Å². The summed E-state index contributed by atoms with van der Waals surface area (Å²) in [4.78, 5) is 30.9. The predicted molar refractivity (Wildman–Crippen MR) is 132 cm³/mol. The van der Waals surface area contributed by atoms with E-state index in [0.29, 0.717) is 22.0 Å². The summed E-state index contributed by atoms with van der Waals surface area (Å²) in [6.45, 7) is 1.54. The minimum Gasteiger partial charge on any atom is -0.406 e. The number of benzene rings is 2. The smallest absolute Gasteiger partial charge is 0.406 e. The highest BCUT2D eigenvalue weighted by molar-refractivity contribution is 6.30. The van der Waals surface area contributed by atoms with Gasteiger partial charge in [-0.25, -0.2) is 9.78 Å². The Morgan fingerprint density at radius 2 is 1.73 bits per heavy atom. The number of aliphatic hydroxyl groups is 1. The lowest BCUT2D eigenvalue weighted by molar-refractivity contribution is -0.274. The van der Waals surface area contributed by atoms with Crippen molar-refractivity contribution >= 4 is 22.8 Å². The van der Waals surface area contributed by atoms with Gasteiger partial charge < -0.3 is 14.4 Å². The molecule has 0 atom stereocenters. The van der Waals surface area contributed by atoms with E-state index in [1.54, 1.807) is 34.9 Å². The lowest BCUT2D eigenvalue weighted by atomic mass is 10.1. The molecule has 0 bridgehead atoms. The van der Waals surface area contributed by atoms with Crippen LogP contribution < -0.4 is 16.0 Å². The molecule has 1 N–H and O–H groups in total. The molecular weight excluding hydrogens is 513 g/mol. The van der Waals surface area contributed by atoms with Gasteiger partial charge in [0.2, 0.25) is 0 Å². The van der Waals surface area contributed by atoms with Gasteiger partial charge in [-0.05, 0) is 48.2 Å². The zero-order chi connectivity index (χ0) is 26.9. The Bertz CT molecular complexity index is 1560. The number of nitrogens with zero attached hydrogens (tertiary/aromatic N) is 4. The van der Waals surface area contributed by atoms with Crippen molar-refractivity contribution in [1.82, 2.24) is 18.7 Å². The first-order valence-corrected chi connectivity index (χ1v) is 11.8. The average molecular weight is 537 g/mol. The van der Waals surface area contributed by atoms with E-state index in [1.807, 2.05) is 0 Å². The molecule has 4 rings (SSSR count). The van der Waals surface area contributed by atoms with Crippen LogP contribution in [0.1, 0.15) is 28.9 Å². The van der Waals surface area contributed by atoms with Crippen LogP contribution in [0, 0.1) is 6.92 Å². The lowest BCUT2D eigenvalue weighted by Crippen LogP contribution is -2.40. The molecule has 0 aliphatic rings. The van der Waals surface area contributed by atoms with E-state index in [2.05, 4.69) is 9.72 Å². The topological polar surface area (TPSA) is 91.3 Å². The standard InChI is InChI=1S/C25H24ClF3N4O4/c1-15-4-5-17(12-19(15)37-25(27,28)29)13-20-30-22-21(33(20)14-16-6-8-18(26)9-7-16)23(35)32(10-3-11-34)24(36)31(22)2/h4-9,12,34H,3,10-11,13-14H2,1-2H3. The molecule has 12 heteroatoms. The van der Waals surface area contributed by atoms with Gasteiger partial charge in [-0.2, -0.15) is 0 Å². The fourth-order valence-corrected chi connectivity index (χ4v) is 4.22. The van der Waals surface area contributed by atoms with Gasteiger partial charge in [-0.3, -0.25) is 13.9 Å². The molecule has 0 unspecified atom stereocenters. The van der Waals surface area contributed by atoms with Crippen LogP contribution in [-0.4, -0.2) is 36.8 Å². The minimum atomic E-state index is -4.84. The highest BCUT2D eigenvalue weighted by atomic mass is 35.5. The molecule has 0 saturated carbocycles. The highest BCUT2D eigenvalue weighted by Crippen LogP contribution is 2.28. The van der Waals surface area contributed by atoms with Crippen LogP contribution in [0.2, 0.25) is 5.02 Å². The Morgan fingerprint density at radius 3 is 2.38 bits per heavy atom. The van der Waals surface area contributed by atoms with Gasteiger partial charge in [-0.15, -0.1) is 13.2 Å². The Hall–Kier alpha value is -3.57. The number of fused-ring (bicyclic) bond motifs is 1. The second kappa shape index (κ2) is 10.4. The maximum atomic E-state index is 13.4. The summed E-state index contributed by atoms with van der Waals surface area (Å²) < 4.78 is 46.7. The number of imidazole rings is 1. The summed E-state index contributed by atoms with van der Waals surface area (Å²) in [5, 5.41) is 9.74. The van der Waals surface area contributed by atoms with Gasteiger partial charge in [0, 0.05) is 38.2 Å². The minimum absolute atomic E-state index is 0.0233. The van der Waals surface area contributed by atoms with E-state index in [-0.39, 0.29) is 49.5 Å². The third-order valence-corrected chi connectivity index (χ3v) is 6.20. The number of aromatic nitrogens is 4. The van der Waals surface area contributed by atoms with Crippen molar-refractivity contribution in [2.24, 2.45) is 7.05 Å². The van der Waals surface area contributed by atoms with Crippen molar-refractivity contribution in [3.8, 4) is 5.75 Å². The molecule has 2 heterocycles. The van der Waals surface area contributed by atoms with Crippen LogP contribution in [0.15, 0.2) is 52.1 Å². The van der Waals surface area contributed by atoms with E-state index in [9.17, 15) is 27.9 Å². The molecule has 196 valence electrons. The van der Waals surface area contributed by atoms with Gasteiger partial charge in [0.1, 0.15) is 11.6 Å². The first-order valence-electron chi connectivity index (χ1n) is 11.4. The molecule has 0 fully saturated rings. The first-order chi connectivity index (χ1) is 17.5. The Kier molecular flexibility index (Phi) is 7.47. The van der Waals surface area contributed by atoms with Crippen LogP contribution in [0.4, 0.5) is 13.2 Å². The van der Waals surface area contributed by atoms with Crippen LogP contribution in [-0.2, 0) is 26.6 Å². The Balaban J connectivity index is 1.88. The second-order valence-corrected chi connectivity index (χ2v) is 9.05. The molecule has 0 saturated heterocycles. The Morgan fingerprint density at radius 1 is 1.05 bits per heavy atom. The lowest BCUT2D eigenvalue weighted by Gasteiger charge is -2.14. The number of aliphatic hydroxyl groups excluding tert-OH is 1. The third-order valence-electron chi connectivity index (χ3n) is 5.95. The van der Waals surface area contributed by atoms with Crippen molar-refractivity contribution in [1.29, 1.82) is 0 Å². The number of alkyl halides is 3. The van der Waals surface area contributed by atoms with Crippen molar-refractivity contribution in [2.75, 3.05) is 6.61 Å². The molecule has 37 heavy (non-hydrogen) atoms. The third kappa shape index (κ3) is 5.72.